The highest BCUT2D eigenvalue weighted by Crippen LogP contribution is 2.24. The van der Waals surface area contributed by atoms with Gasteiger partial charge in [0.05, 0.1) is 6.10 Å². The van der Waals surface area contributed by atoms with Crippen molar-refractivity contribution in [3.05, 3.63) is 34.9 Å². The van der Waals surface area contributed by atoms with Crippen LogP contribution in [-0.2, 0) is 0 Å². The molecule has 0 spiro atoms. The van der Waals surface area contributed by atoms with Crippen LogP contribution in [0.1, 0.15) is 44.3 Å². The average molecular weight is 268 g/mol. The van der Waals surface area contributed by atoms with E-state index in [0.29, 0.717) is 17.6 Å². The maximum absolute atomic E-state index is 10.1. The highest BCUT2D eigenvalue weighted by atomic mass is 35.5. The summed E-state index contributed by atoms with van der Waals surface area (Å²) in [7, 11) is 0. The van der Waals surface area contributed by atoms with Gasteiger partial charge < -0.3 is 10.4 Å². The Morgan fingerprint density at radius 1 is 1.22 bits per heavy atom. The third kappa shape index (κ3) is 3.98. The number of nitrogens with one attached hydrogen (secondary N) is 1. The van der Waals surface area contributed by atoms with Gasteiger partial charge in [-0.1, -0.05) is 30.7 Å². The highest BCUT2D eigenvalue weighted by Gasteiger charge is 2.18. The Morgan fingerprint density at radius 2 is 1.83 bits per heavy atom. The van der Waals surface area contributed by atoms with Crippen LogP contribution in [0.15, 0.2) is 24.3 Å². The van der Waals surface area contributed by atoms with Crippen molar-refractivity contribution in [3.8, 4) is 0 Å². The van der Waals surface area contributed by atoms with Gasteiger partial charge >= 0.3 is 0 Å². The lowest BCUT2D eigenvalue weighted by molar-refractivity contribution is 0.163. The molecule has 18 heavy (non-hydrogen) atoms. The molecule has 1 fully saturated rings. The first-order valence-corrected chi connectivity index (χ1v) is 7.20. The minimum Gasteiger partial charge on any atom is -0.387 e. The molecule has 1 aromatic rings. The predicted molar refractivity (Wildman–Crippen MR) is 75.8 cm³/mol. The number of rotatable bonds is 4. The highest BCUT2D eigenvalue weighted by molar-refractivity contribution is 6.30. The Morgan fingerprint density at radius 3 is 2.44 bits per heavy atom. The molecule has 2 N–H and O–H groups in total. The van der Waals surface area contributed by atoms with E-state index in [1.165, 1.54) is 25.7 Å². The van der Waals surface area contributed by atoms with Gasteiger partial charge in [0.1, 0.15) is 0 Å². The van der Waals surface area contributed by atoms with Crippen LogP contribution >= 0.6 is 11.6 Å². The maximum atomic E-state index is 10.1. The van der Waals surface area contributed by atoms with Crippen LogP contribution in [0.5, 0.6) is 0 Å². The average Bonchev–Trinajstić information content (AvgIpc) is 2.38. The molecule has 1 atom stereocenters. The Hall–Kier alpha value is -0.570. The first-order chi connectivity index (χ1) is 8.65. The molecule has 1 unspecified atom stereocenters. The molecule has 3 heteroatoms. The van der Waals surface area contributed by atoms with Gasteiger partial charge in [-0.2, -0.15) is 0 Å². The van der Waals surface area contributed by atoms with Crippen molar-refractivity contribution in [2.24, 2.45) is 5.92 Å². The standard InChI is InChI=1S/C15H22ClNO/c1-11-2-8-14(9-3-11)17-10-15(18)12-4-6-13(16)7-5-12/h4-7,11,14-15,17-18H,2-3,8-10H2,1H3. The van der Waals surface area contributed by atoms with Crippen molar-refractivity contribution < 1.29 is 5.11 Å². The lowest BCUT2D eigenvalue weighted by Gasteiger charge is -2.28. The summed E-state index contributed by atoms with van der Waals surface area (Å²) < 4.78 is 0. The van der Waals surface area contributed by atoms with Crippen molar-refractivity contribution in [2.75, 3.05) is 6.54 Å². The van der Waals surface area contributed by atoms with Crippen molar-refractivity contribution in [1.82, 2.24) is 5.32 Å². The van der Waals surface area contributed by atoms with E-state index in [1.807, 2.05) is 24.3 Å². The molecule has 100 valence electrons. The van der Waals surface area contributed by atoms with E-state index in [-0.39, 0.29) is 0 Å². The number of aliphatic hydroxyl groups excluding tert-OH is 1. The van der Waals surface area contributed by atoms with Crippen LogP contribution in [0.4, 0.5) is 0 Å². The van der Waals surface area contributed by atoms with Crippen LogP contribution in [0.2, 0.25) is 5.02 Å². The molecular formula is C15H22ClNO. The lowest BCUT2D eigenvalue weighted by Crippen LogP contribution is -2.35. The van der Waals surface area contributed by atoms with Crippen LogP contribution < -0.4 is 5.32 Å². The fraction of sp³-hybridized carbons (Fsp3) is 0.600. The summed E-state index contributed by atoms with van der Waals surface area (Å²) in [5, 5.41) is 14.3. The van der Waals surface area contributed by atoms with Gasteiger partial charge in [-0.15, -0.1) is 0 Å². The molecule has 0 aromatic heterocycles. The van der Waals surface area contributed by atoms with Gasteiger partial charge in [-0.05, 0) is 49.3 Å². The molecule has 2 rings (SSSR count). The summed E-state index contributed by atoms with van der Waals surface area (Å²) >= 11 is 5.83. The molecule has 2 nitrogen and oxygen atoms in total. The van der Waals surface area contributed by atoms with E-state index in [1.54, 1.807) is 0 Å². The fourth-order valence-corrected chi connectivity index (χ4v) is 2.67. The van der Waals surface area contributed by atoms with Crippen molar-refractivity contribution in [1.29, 1.82) is 0 Å². The van der Waals surface area contributed by atoms with Crippen LogP contribution in [-0.4, -0.2) is 17.7 Å². The second-order valence-electron chi connectivity index (χ2n) is 5.43. The van der Waals surface area contributed by atoms with Crippen molar-refractivity contribution >= 4 is 11.6 Å². The monoisotopic (exact) mass is 267 g/mol. The van der Waals surface area contributed by atoms with E-state index in [0.717, 1.165) is 11.5 Å². The first-order valence-electron chi connectivity index (χ1n) is 6.82. The maximum Gasteiger partial charge on any atom is 0.0914 e. The smallest absolute Gasteiger partial charge is 0.0914 e. The van der Waals surface area contributed by atoms with E-state index < -0.39 is 6.10 Å². The molecule has 1 aliphatic carbocycles. The molecule has 0 aliphatic heterocycles. The number of aliphatic hydroxyl groups is 1. The summed E-state index contributed by atoms with van der Waals surface area (Å²) in [6.45, 7) is 2.94. The number of halogens is 1. The largest absolute Gasteiger partial charge is 0.387 e. The Kier molecular flexibility index (Phi) is 5.04. The molecular weight excluding hydrogens is 246 g/mol. The van der Waals surface area contributed by atoms with Crippen LogP contribution in [0, 0.1) is 5.92 Å². The number of hydrogen-bond donors (Lipinski definition) is 2. The lowest BCUT2D eigenvalue weighted by atomic mass is 9.87. The quantitative estimate of drug-likeness (QED) is 0.875. The molecule has 1 aromatic carbocycles. The number of hydrogen-bond acceptors (Lipinski definition) is 2. The van der Waals surface area contributed by atoms with E-state index in [9.17, 15) is 5.11 Å². The molecule has 0 radical (unpaired) electrons. The summed E-state index contributed by atoms with van der Waals surface area (Å²) in [5.74, 6) is 0.865. The summed E-state index contributed by atoms with van der Waals surface area (Å²) in [6, 6.07) is 7.99. The minimum absolute atomic E-state index is 0.443. The molecule has 0 heterocycles. The Bertz CT molecular complexity index is 357. The molecule has 0 saturated heterocycles. The zero-order chi connectivity index (χ0) is 13.0. The SMILES string of the molecule is CC1CCC(NCC(O)c2ccc(Cl)cc2)CC1. The zero-order valence-electron chi connectivity index (χ0n) is 10.9. The van der Waals surface area contributed by atoms with Gasteiger partial charge in [0.25, 0.3) is 0 Å². The van der Waals surface area contributed by atoms with Gasteiger partial charge in [-0.25, -0.2) is 0 Å². The van der Waals surface area contributed by atoms with Gasteiger partial charge in [-0.3, -0.25) is 0 Å². The third-order valence-electron chi connectivity index (χ3n) is 3.87. The van der Waals surface area contributed by atoms with E-state index in [2.05, 4.69) is 12.2 Å². The fourth-order valence-electron chi connectivity index (χ4n) is 2.55. The van der Waals surface area contributed by atoms with Crippen molar-refractivity contribution in [2.45, 2.75) is 44.8 Å². The molecule has 0 bridgehead atoms. The van der Waals surface area contributed by atoms with Gasteiger partial charge in [0.15, 0.2) is 0 Å². The summed E-state index contributed by atoms with van der Waals surface area (Å²) in [5.41, 5.74) is 0.927. The van der Waals surface area contributed by atoms with Crippen LogP contribution in [0.25, 0.3) is 0 Å². The van der Waals surface area contributed by atoms with Gasteiger partial charge in [0.2, 0.25) is 0 Å². The normalized spacial score (nSPS) is 25.9. The summed E-state index contributed by atoms with van der Waals surface area (Å²) in [4.78, 5) is 0. The Labute approximate surface area is 114 Å². The Balaban J connectivity index is 1.77. The number of benzene rings is 1. The van der Waals surface area contributed by atoms with Crippen molar-refractivity contribution in [3.63, 3.8) is 0 Å². The molecule has 1 saturated carbocycles. The first kappa shape index (κ1) is 13.9. The van der Waals surface area contributed by atoms with Gasteiger partial charge in [0, 0.05) is 17.6 Å². The van der Waals surface area contributed by atoms with Crippen LogP contribution in [0.3, 0.4) is 0 Å². The van der Waals surface area contributed by atoms with E-state index >= 15 is 0 Å². The molecule has 0 amide bonds. The second-order valence-corrected chi connectivity index (χ2v) is 5.87. The second kappa shape index (κ2) is 6.55. The molecule has 1 aliphatic rings. The van der Waals surface area contributed by atoms with E-state index in [4.69, 9.17) is 11.6 Å². The summed E-state index contributed by atoms with van der Waals surface area (Å²) in [6.07, 6.45) is 4.62. The minimum atomic E-state index is -0.443. The third-order valence-corrected chi connectivity index (χ3v) is 4.12. The predicted octanol–water partition coefficient (Wildman–Crippen LogP) is 3.54. The zero-order valence-corrected chi connectivity index (χ0v) is 11.7. The topological polar surface area (TPSA) is 32.3 Å².